The Hall–Kier alpha value is -1.68. The van der Waals surface area contributed by atoms with Crippen molar-refractivity contribution in [2.75, 3.05) is 31.2 Å². The smallest absolute Gasteiger partial charge is 0.413 e. The van der Waals surface area contributed by atoms with E-state index in [9.17, 15) is 22.8 Å². The van der Waals surface area contributed by atoms with Crippen LogP contribution in [0.4, 0.5) is 4.79 Å². The lowest BCUT2D eigenvalue weighted by atomic mass is 10.2. The van der Waals surface area contributed by atoms with E-state index in [1.165, 1.54) is 4.90 Å². The summed E-state index contributed by atoms with van der Waals surface area (Å²) in [5, 5.41) is 10.8. The van der Waals surface area contributed by atoms with E-state index in [0.29, 0.717) is 0 Å². The van der Waals surface area contributed by atoms with E-state index >= 15 is 0 Å². The molecular formula is C11H18N2O7S. The standard InChI is InChI=1S/C11H18N2O7S/c1-2-20-11(17)12-9(14)5-13(6-10(15)16)8-3-4-21(18,19)7-8/h8H,2-7H2,1H3,(H,15,16)(H,12,14,17). The number of carboxylic acids is 1. The molecule has 1 atom stereocenters. The molecule has 1 saturated heterocycles. The molecule has 1 unspecified atom stereocenters. The number of rotatable bonds is 6. The number of hydrogen-bond acceptors (Lipinski definition) is 7. The minimum absolute atomic E-state index is 0.0344. The lowest BCUT2D eigenvalue weighted by Crippen LogP contribution is -2.47. The zero-order valence-corrected chi connectivity index (χ0v) is 12.4. The number of alkyl carbamates (subject to hydrolysis) is 1. The Balaban J connectivity index is 2.64. The molecule has 0 aromatic heterocycles. The number of carbonyl (C=O) groups is 3. The molecule has 0 bridgehead atoms. The van der Waals surface area contributed by atoms with Crippen LogP contribution in [0.25, 0.3) is 0 Å². The second-order valence-electron chi connectivity index (χ2n) is 4.62. The minimum atomic E-state index is -3.20. The number of amides is 2. The van der Waals surface area contributed by atoms with Crippen LogP contribution in [0.3, 0.4) is 0 Å². The maximum absolute atomic E-state index is 11.6. The first kappa shape index (κ1) is 17.4. The number of aliphatic carboxylic acids is 1. The van der Waals surface area contributed by atoms with Crippen molar-refractivity contribution >= 4 is 27.8 Å². The van der Waals surface area contributed by atoms with Crippen LogP contribution >= 0.6 is 0 Å². The largest absolute Gasteiger partial charge is 0.480 e. The van der Waals surface area contributed by atoms with Crippen molar-refractivity contribution in [3.05, 3.63) is 0 Å². The lowest BCUT2D eigenvalue weighted by Gasteiger charge is -2.25. The summed E-state index contributed by atoms with van der Waals surface area (Å²) < 4.78 is 27.4. The van der Waals surface area contributed by atoms with Crippen molar-refractivity contribution in [1.29, 1.82) is 0 Å². The van der Waals surface area contributed by atoms with Crippen LogP contribution in [0.1, 0.15) is 13.3 Å². The highest BCUT2D eigenvalue weighted by Crippen LogP contribution is 2.17. The van der Waals surface area contributed by atoms with Crippen molar-refractivity contribution < 1.29 is 32.6 Å². The third-order valence-corrected chi connectivity index (χ3v) is 4.68. The molecule has 2 amide bonds. The predicted molar refractivity (Wildman–Crippen MR) is 71.4 cm³/mol. The Morgan fingerprint density at radius 1 is 1.33 bits per heavy atom. The first-order chi connectivity index (χ1) is 9.73. The highest BCUT2D eigenvalue weighted by atomic mass is 32.2. The van der Waals surface area contributed by atoms with Gasteiger partial charge in [-0.25, -0.2) is 13.2 Å². The first-order valence-corrected chi connectivity index (χ1v) is 8.18. The van der Waals surface area contributed by atoms with Gasteiger partial charge >= 0.3 is 12.1 Å². The van der Waals surface area contributed by atoms with E-state index in [4.69, 9.17) is 5.11 Å². The van der Waals surface area contributed by atoms with Crippen molar-refractivity contribution in [3.63, 3.8) is 0 Å². The van der Waals surface area contributed by atoms with E-state index in [1.807, 2.05) is 5.32 Å². The summed E-state index contributed by atoms with van der Waals surface area (Å²) in [4.78, 5) is 34.8. The molecule has 1 rings (SSSR count). The quantitative estimate of drug-likeness (QED) is 0.626. The van der Waals surface area contributed by atoms with E-state index in [1.54, 1.807) is 6.92 Å². The zero-order chi connectivity index (χ0) is 16.0. The average Bonchev–Trinajstić information content (AvgIpc) is 2.68. The summed E-state index contributed by atoms with van der Waals surface area (Å²) in [5.41, 5.74) is 0. The van der Waals surface area contributed by atoms with Gasteiger partial charge in [0.15, 0.2) is 9.84 Å². The summed E-state index contributed by atoms with van der Waals surface area (Å²) in [7, 11) is -3.20. The average molecular weight is 322 g/mol. The van der Waals surface area contributed by atoms with Gasteiger partial charge in [-0.15, -0.1) is 0 Å². The van der Waals surface area contributed by atoms with Crippen molar-refractivity contribution in [2.24, 2.45) is 0 Å². The van der Waals surface area contributed by atoms with Gasteiger partial charge in [0.25, 0.3) is 0 Å². The second kappa shape index (κ2) is 7.36. The molecule has 9 nitrogen and oxygen atoms in total. The summed E-state index contributed by atoms with van der Waals surface area (Å²) in [6.07, 6.45) is -0.653. The molecule has 1 aliphatic heterocycles. The zero-order valence-electron chi connectivity index (χ0n) is 11.6. The molecular weight excluding hydrogens is 304 g/mol. The summed E-state index contributed by atoms with van der Waals surface area (Å²) >= 11 is 0. The van der Waals surface area contributed by atoms with Crippen LogP contribution in [0.15, 0.2) is 0 Å². The molecule has 1 heterocycles. The van der Waals surface area contributed by atoms with Crippen molar-refractivity contribution in [2.45, 2.75) is 19.4 Å². The molecule has 1 aliphatic rings. The fourth-order valence-electron chi connectivity index (χ4n) is 2.06. The Kier molecular flexibility index (Phi) is 6.09. The molecule has 0 aliphatic carbocycles. The van der Waals surface area contributed by atoms with Crippen LogP contribution < -0.4 is 5.32 Å². The number of imide groups is 1. The number of nitrogens with one attached hydrogen (secondary N) is 1. The number of sulfone groups is 1. The van der Waals surface area contributed by atoms with Crippen LogP contribution in [0, 0.1) is 0 Å². The van der Waals surface area contributed by atoms with Gasteiger partial charge in [0, 0.05) is 6.04 Å². The normalized spacial score (nSPS) is 20.2. The van der Waals surface area contributed by atoms with Crippen molar-refractivity contribution in [3.8, 4) is 0 Å². The van der Waals surface area contributed by atoms with Gasteiger partial charge in [0.1, 0.15) is 0 Å². The molecule has 0 spiro atoms. The van der Waals surface area contributed by atoms with Gasteiger partial charge in [-0.1, -0.05) is 0 Å². The van der Waals surface area contributed by atoms with Crippen molar-refractivity contribution in [1.82, 2.24) is 10.2 Å². The maximum atomic E-state index is 11.6. The summed E-state index contributed by atoms with van der Waals surface area (Å²) in [6, 6.07) is -0.543. The number of ether oxygens (including phenoxy) is 1. The second-order valence-corrected chi connectivity index (χ2v) is 6.85. The minimum Gasteiger partial charge on any atom is -0.480 e. The Labute approximate surface area is 122 Å². The van der Waals surface area contributed by atoms with Gasteiger partial charge in [-0.05, 0) is 13.3 Å². The van der Waals surface area contributed by atoms with Gasteiger partial charge in [0.2, 0.25) is 5.91 Å². The van der Waals surface area contributed by atoms with E-state index in [2.05, 4.69) is 4.74 Å². The van der Waals surface area contributed by atoms with Crippen LogP contribution in [0.5, 0.6) is 0 Å². The fraction of sp³-hybridized carbons (Fsp3) is 0.727. The molecule has 0 aromatic rings. The number of hydrogen-bond donors (Lipinski definition) is 2. The highest BCUT2D eigenvalue weighted by molar-refractivity contribution is 7.91. The molecule has 0 radical (unpaired) electrons. The fourth-order valence-corrected chi connectivity index (χ4v) is 3.82. The molecule has 0 aromatic carbocycles. The molecule has 120 valence electrons. The van der Waals surface area contributed by atoms with Gasteiger partial charge in [-0.2, -0.15) is 0 Å². The van der Waals surface area contributed by atoms with Gasteiger partial charge in [-0.3, -0.25) is 19.8 Å². The van der Waals surface area contributed by atoms with E-state index in [0.717, 1.165) is 0 Å². The topological polar surface area (TPSA) is 130 Å². The van der Waals surface area contributed by atoms with E-state index < -0.39 is 40.4 Å². The highest BCUT2D eigenvalue weighted by Gasteiger charge is 2.34. The summed E-state index contributed by atoms with van der Waals surface area (Å²) in [6.45, 7) is 0.810. The van der Waals surface area contributed by atoms with Crippen LogP contribution in [0.2, 0.25) is 0 Å². The lowest BCUT2D eigenvalue weighted by molar-refractivity contribution is -0.139. The molecule has 2 N–H and O–H groups in total. The van der Waals surface area contributed by atoms with E-state index in [-0.39, 0.29) is 31.1 Å². The Morgan fingerprint density at radius 3 is 2.48 bits per heavy atom. The van der Waals surface area contributed by atoms with Gasteiger partial charge < -0.3 is 9.84 Å². The maximum Gasteiger partial charge on any atom is 0.413 e. The third-order valence-electron chi connectivity index (χ3n) is 2.93. The molecule has 21 heavy (non-hydrogen) atoms. The SMILES string of the molecule is CCOC(=O)NC(=O)CN(CC(=O)O)C1CCS(=O)(=O)C1. The van der Waals surface area contributed by atoms with Gasteiger partial charge in [0.05, 0.1) is 31.2 Å². The summed E-state index contributed by atoms with van der Waals surface area (Å²) in [5.74, 6) is -2.14. The van der Waals surface area contributed by atoms with Crippen LogP contribution in [-0.2, 0) is 24.2 Å². The molecule has 10 heteroatoms. The molecule has 0 saturated carbocycles. The monoisotopic (exact) mass is 322 g/mol. The molecule has 1 fully saturated rings. The number of nitrogens with zero attached hydrogens (tertiary/aromatic N) is 1. The predicted octanol–water partition coefficient (Wildman–Crippen LogP) is -1.17. The number of carboxylic acid groups (broad SMARTS) is 1. The first-order valence-electron chi connectivity index (χ1n) is 6.36. The number of carbonyl (C=O) groups excluding carboxylic acids is 2. The Bertz CT molecular complexity index is 517. The Morgan fingerprint density at radius 2 is 2.00 bits per heavy atom. The third kappa shape index (κ3) is 6.08. The van der Waals surface area contributed by atoms with Crippen LogP contribution in [-0.4, -0.2) is 73.6 Å².